The maximum atomic E-state index is 12.5. The van der Waals surface area contributed by atoms with Gasteiger partial charge in [-0.15, -0.1) is 0 Å². The van der Waals surface area contributed by atoms with Crippen molar-refractivity contribution in [1.29, 1.82) is 0 Å². The zero-order chi connectivity index (χ0) is 19.7. The van der Waals surface area contributed by atoms with Crippen LogP contribution in [0.25, 0.3) is 0 Å². The molecular weight excluding hydrogens is 332 g/mol. The van der Waals surface area contributed by atoms with Crippen molar-refractivity contribution in [2.75, 3.05) is 13.7 Å². The van der Waals surface area contributed by atoms with Crippen LogP contribution in [0.1, 0.15) is 66.2 Å². The average Bonchev–Trinajstić information content (AvgIpc) is 2.73. The normalized spacial score (nSPS) is 23.3. The molecule has 1 heterocycles. The van der Waals surface area contributed by atoms with Gasteiger partial charge in [-0.3, -0.25) is 9.59 Å². The van der Waals surface area contributed by atoms with Crippen LogP contribution in [0.15, 0.2) is 23.3 Å². The third kappa shape index (κ3) is 7.24. The monoisotopic (exact) mass is 364 g/mol. The molecule has 1 fully saturated rings. The standard InChI is InChI=1S/C21H32O5/c1-15(2)8-10-18(22)16(3)7-6-12-21(4)19(23)11-9-17(14-26-21)13-20(24)25-5/h8,13,16H,6-7,9-12,14H2,1-5H3/t16?,21-/m0/s1. The smallest absolute Gasteiger partial charge is 0.330 e. The number of ketones is 2. The van der Waals surface area contributed by atoms with Crippen molar-refractivity contribution < 1.29 is 23.9 Å². The summed E-state index contributed by atoms with van der Waals surface area (Å²) in [6.07, 6.45) is 6.77. The van der Waals surface area contributed by atoms with Gasteiger partial charge in [-0.25, -0.2) is 4.79 Å². The maximum absolute atomic E-state index is 12.5. The molecule has 0 amide bonds. The molecule has 1 rings (SSSR count). The van der Waals surface area contributed by atoms with Crippen molar-refractivity contribution in [2.24, 2.45) is 5.92 Å². The Balaban J connectivity index is 2.56. The third-order valence-electron chi connectivity index (χ3n) is 4.91. The van der Waals surface area contributed by atoms with E-state index < -0.39 is 11.6 Å². The molecule has 2 atom stereocenters. The van der Waals surface area contributed by atoms with Gasteiger partial charge in [0, 0.05) is 24.8 Å². The number of esters is 1. The molecular formula is C21H32O5. The number of hydrogen-bond donors (Lipinski definition) is 0. The number of rotatable bonds is 8. The molecule has 0 aromatic rings. The number of ether oxygens (including phenoxy) is 2. The summed E-state index contributed by atoms with van der Waals surface area (Å²) in [7, 11) is 1.33. The highest BCUT2D eigenvalue weighted by molar-refractivity contribution is 5.88. The molecule has 26 heavy (non-hydrogen) atoms. The van der Waals surface area contributed by atoms with Crippen LogP contribution in [0, 0.1) is 5.92 Å². The van der Waals surface area contributed by atoms with Gasteiger partial charge in [0.15, 0.2) is 5.78 Å². The fourth-order valence-corrected chi connectivity index (χ4v) is 2.91. The van der Waals surface area contributed by atoms with E-state index in [2.05, 4.69) is 4.74 Å². The van der Waals surface area contributed by atoms with Crippen LogP contribution in [-0.4, -0.2) is 36.9 Å². The summed E-state index contributed by atoms with van der Waals surface area (Å²) in [6, 6.07) is 0. The van der Waals surface area contributed by atoms with Crippen LogP contribution in [0.2, 0.25) is 0 Å². The molecule has 1 unspecified atom stereocenters. The molecule has 0 bridgehead atoms. The lowest BCUT2D eigenvalue weighted by Gasteiger charge is -2.27. The van der Waals surface area contributed by atoms with E-state index in [-0.39, 0.29) is 24.1 Å². The fraction of sp³-hybridized carbons (Fsp3) is 0.667. The van der Waals surface area contributed by atoms with Gasteiger partial charge in [-0.2, -0.15) is 0 Å². The van der Waals surface area contributed by atoms with Crippen molar-refractivity contribution in [1.82, 2.24) is 0 Å². The highest BCUT2D eigenvalue weighted by atomic mass is 16.5. The van der Waals surface area contributed by atoms with Gasteiger partial charge in [0.05, 0.1) is 13.7 Å². The Labute approximate surface area is 156 Å². The van der Waals surface area contributed by atoms with Gasteiger partial charge in [0.2, 0.25) is 0 Å². The van der Waals surface area contributed by atoms with Crippen LogP contribution < -0.4 is 0 Å². The minimum absolute atomic E-state index is 0.0233. The molecule has 0 N–H and O–H groups in total. The second-order valence-electron chi connectivity index (χ2n) is 7.51. The average molecular weight is 364 g/mol. The number of allylic oxidation sites excluding steroid dienone is 2. The van der Waals surface area contributed by atoms with E-state index in [1.165, 1.54) is 13.2 Å². The van der Waals surface area contributed by atoms with Crippen molar-refractivity contribution in [3.63, 3.8) is 0 Å². The molecule has 0 aromatic heterocycles. The molecule has 0 radical (unpaired) electrons. The minimum Gasteiger partial charge on any atom is -0.466 e. The van der Waals surface area contributed by atoms with E-state index in [0.29, 0.717) is 25.7 Å². The summed E-state index contributed by atoms with van der Waals surface area (Å²) in [4.78, 5) is 36.0. The summed E-state index contributed by atoms with van der Waals surface area (Å²) in [5.74, 6) is -0.171. The number of Topliss-reactive ketones (excluding diaryl/α,β-unsaturated/α-hetero) is 2. The second kappa shape index (κ2) is 10.4. The molecule has 0 aromatic carbocycles. The third-order valence-corrected chi connectivity index (χ3v) is 4.91. The number of methoxy groups -OCH3 is 1. The first kappa shape index (κ1) is 22.3. The Morgan fingerprint density at radius 2 is 2.00 bits per heavy atom. The fourth-order valence-electron chi connectivity index (χ4n) is 2.91. The van der Waals surface area contributed by atoms with Gasteiger partial charge in [0.1, 0.15) is 11.4 Å². The zero-order valence-electron chi connectivity index (χ0n) is 16.7. The van der Waals surface area contributed by atoms with Crippen LogP contribution >= 0.6 is 0 Å². The molecule has 5 nitrogen and oxygen atoms in total. The first-order valence-electron chi connectivity index (χ1n) is 9.28. The van der Waals surface area contributed by atoms with E-state index in [9.17, 15) is 14.4 Å². The highest BCUT2D eigenvalue weighted by Crippen LogP contribution is 2.29. The summed E-state index contributed by atoms with van der Waals surface area (Å²) in [5.41, 5.74) is 1.07. The van der Waals surface area contributed by atoms with Crippen LogP contribution in [0.3, 0.4) is 0 Å². The summed E-state index contributed by atoms with van der Waals surface area (Å²) >= 11 is 0. The summed E-state index contributed by atoms with van der Waals surface area (Å²) in [5, 5.41) is 0. The Kier molecular flexibility index (Phi) is 8.93. The quantitative estimate of drug-likeness (QED) is 0.370. The lowest BCUT2D eigenvalue weighted by atomic mass is 9.88. The van der Waals surface area contributed by atoms with Crippen LogP contribution in [0.4, 0.5) is 0 Å². The number of carbonyl (C=O) groups is 3. The Morgan fingerprint density at radius 3 is 2.62 bits per heavy atom. The van der Waals surface area contributed by atoms with Crippen LogP contribution in [0.5, 0.6) is 0 Å². The first-order chi connectivity index (χ1) is 12.2. The molecule has 0 aliphatic carbocycles. The molecule has 146 valence electrons. The van der Waals surface area contributed by atoms with Crippen molar-refractivity contribution >= 4 is 17.5 Å². The van der Waals surface area contributed by atoms with Crippen molar-refractivity contribution in [3.05, 3.63) is 23.3 Å². The lowest BCUT2D eigenvalue weighted by molar-refractivity contribution is -0.140. The topological polar surface area (TPSA) is 69.7 Å². The van der Waals surface area contributed by atoms with E-state index in [1.807, 2.05) is 33.8 Å². The molecule has 1 aliphatic heterocycles. The first-order valence-corrected chi connectivity index (χ1v) is 9.28. The zero-order valence-corrected chi connectivity index (χ0v) is 16.7. The summed E-state index contributed by atoms with van der Waals surface area (Å²) in [6.45, 7) is 7.97. The molecule has 1 saturated heterocycles. The molecule has 0 spiro atoms. The molecule has 5 heteroatoms. The van der Waals surface area contributed by atoms with E-state index in [0.717, 1.165) is 24.0 Å². The van der Waals surface area contributed by atoms with Gasteiger partial charge in [0.25, 0.3) is 0 Å². The Hall–Kier alpha value is -1.75. The molecule has 0 saturated carbocycles. The van der Waals surface area contributed by atoms with Crippen molar-refractivity contribution in [3.8, 4) is 0 Å². The van der Waals surface area contributed by atoms with Crippen LogP contribution in [-0.2, 0) is 23.9 Å². The Bertz CT molecular complexity index is 583. The lowest BCUT2D eigenvalue weighted by Crippen LogP contribution is -2.37. The van der Waals surface area contributed by atoms with Gasteiger partial charge < -0.3 is 9.47 Å². The van der Waals surface area contributed by atoms with Crippen molar-refractivity contribution in [2.45, 2.75) is 71.8 Å². The SMILES string of the molecule is COC(=O)C=C1CCC(=O)[C@](C)(CCCC(C)C(=O)CC=C(C)C)OC1. The van der Waals surface area contributed by atoms with E-state index >= 15 is 0 Å². The Morgan fingerprint density at radius 1 is 1.31 bits per heavy atom. The maximum Gasteiger partial charge on any atom is 0.330 e. The second-order valence-corrected chi connectivity index (χ2v) is 7.51. The molecule has 1 aliphatic rings. The number of hydrogen-bond acceptors (Lipinski definition) is 5. The predicted molar refractivity (Wildman–Crippen MR) is 101 cm³/mol. The number of carbonyl (C=O) groups excluding carboxylic acids is 3. The van der Waals surface area contributed by atoms with Gasteiger partial charge in [-0.1, -0.05) is 18.6 Å². The minimum atomic E-state index is -0.853. The largest absolute Gasteiger partial charge is 0.466 e. The van der Waals surface area contributed by atoms with E-state index in [1.54, 1.807) is 0 Å². The summed E-state index contributed by atoms with van der Waals surface area (Å²) < 4.78 is 10.5. The highest BCUT2D eigenvalue weighted by Gasteiger charge is 2.35. The van der Waals surface area contributed by atoms with Gasteiger partial charge >= 0.3 is 5.97 Å². The van der Waals surface area contributed by atoms with E-state index in [4.69, 9.17) is 4.74 Å². The predicted octanol–water partition coefficient (Wildman–Crippen LogP) is 3.96. The van der Waals surface area contributed by atoms with Gasteiger partial charge in [-0.05, 0) is 52.0 Å².